The monoisotopic (exact) mass is 272 g/mol. The number of aryl methyl sites for hydroxylation is 1. The van der Waals surface area contributed by atoms with Crippen LogP contribution in [0, 0.1) is 0 Å². The minimum atomic E-state index is 0.0633. The standard InChI is InChI=1S/C14H16N4S/c1-3-13-17-18-8-12(16-14(18)19-13)11-6-4-10(5-7-11)9(2)15/h4-9H,3,15H2,1-2H3. The second-order valence-electron chi connectivity index (χ2n) is 4.61. The summed E-state index contributed by atoms with van der Waals surface area (Å²) in [5.41, 5.74) is 9.04. The molecule has 3 aromatic rings. The molecule has 1 unspecified atom stereocenters. The molecule has 0 fully saturated rings. The number of benzene rings is 1. The predicted octanol–water partition coefficient (Wildman–Crippen LogP) is 3.04. The fourth-order valence-corrected chi connectivity index (χ4v) is 2.80. The van der Waals surface area contributed by atoms with Crippen LogP contribution in [0.5, 0.6) is 0 Å². The zero-order valence-corrected chi connectivity index (χ0v) is 11.8. The zero-order valence-electron chi connectivity index (χ0n) is 11.0. The van der Waals surface area contributed by atoms with E-state index in [-0.39, 0.29) is 6.04 Å². The largest absolute Gasteiger partial charge is 0.324 e. The summed E-state index contributed by atoms with van der Waals surface area (Å²) in [4.78, 5) is 5.56. The Hall–Kier alpha value is -1.72. The van der Waals surface area contributed by atoms with Crippen molar-refractivity contribution < 1.29 is 0 Å². The first-order valence-corrected chi connectivity index (χ1v) is 7.20. The second kappa shape index (κ2) is 4.75. The first-order chi connectivity index (χ1) is 9.17. The van der Waals surface area contributed by atoms with Crippen LogP contribution in [0.2, 0.25) is 0 Å². The highest BCUT2D eigenvalue weighted by molar-refractivity contribution is 7.16. The van der Waals surface area contributed by atoms with E-state index in [1.54, 1.807) is 11.3 Å². The molecule has 19 heavy (non-hydrogen) atoms. The number of nitrogens with two attached hydrogens (primary N) is 1. The second-order valence-corrected chi connectivity index (χ2v) is 5.65. The molecule has 0 aliphatic carbocycles. The molecule has 0 amide bonds. The Balaban J connectivity index is 1.96. The Kier molecular flexibility index (Phi) is 3.08. The molecule has 1 aromatic carbocycles. The molecule has 0 aliphatic heterocycles. The highest BCUT2D eigenvalue weighted by Crippen LogP contribution is 2.23. The normalized spacial score (nSPS) is 13.0. The number of hydrogen-bond donors (Lipinski definition) is 1. The minimum Gasteiger partial charge on any atom is -0.324 e. The Labute approximate surface area is 115 Å². The van der Waals surface area contributed by atoms with Gasteiger partial charge in [0.2, 0.25) is 4.96 Å². The lowest BCUT2D eigenvalue weighted by atomic mass is 10.1. The third kappa shape index (κ3) is 2.27. The predicted molar refractivity (Wildman–Crippen MR) is 78.3 cm³/mol. The van der Waals surface area contributed by atoms with Crippen molar-refractivity contribution in [3.63, 3.8) is 0 Å². The summed E-state index contributed by atoms with van der Waals surface area (Å²) in [6.45, 7) is 4.09. The molecule has 0 aliphatic rings. The molecule has 0 bridgehead atoms. The van der Waals surface area contributed by atoms with Crippen molar-refractivity contribution >= 4 is 16.3 Å². The average molecular weight is 272 g/mol. The van der Waals surface area contributed by atoms with Gasteiger partial charge in [-0.2, -0.15) is 5.10 Å². The van der Waals surface area contributed by atoms with Gasteiger partial charge in [-0.25, -0.2) is 9.50 Å². The van der Waals surface area contributed by atoms with Crippen LogP contribution in [0.25, 0.3) is 16.2 Å². The van der Waals surface area contributed by atoms with Crippen molar-refractivity contribution in [1.82, 2.24) is 14.6 Å². The summed E-state index contributed by atoms with van der Waals surface area (Å²) in [5, 5.41) is 5.59. The van der Waals surface area contributed by atoms with E-state index in [4.69, 9.17) is 5.73 Å². The molecular formula is C14H16N4S. The molecule has 5 heteroatoms. The van der Waals surface area contributed by atoms with Gasteiger partial charge in [-0.15, -0.1) is 0 Å². The van der Waals surface area contributed by atoms with Gasteiger partial charge in [0.15, 0.2) is 0 Å². The summed E-state index contributed by atoms with van der Waals surface area (Å²) in [6, 6.07) is 8.29. The van der Waals surface area contributed by atoms with Crippen LogP contribution in [0.4, 0.5) is 0 Å². The molecule has 3 rings (SSSR count). The Bertz CT molecular complexity index is 662. The molecule has 2 aromatic heterocycles. The van der Waals surface area contributed by atoms with Crippen LogP contribution in [0.15, 0.2) is 30.5 Å². The lowest BCUT2D eigenvalue weighted by Crippen LogP contribution is -2.04. The number of rotatable bonds is 3. The van der Waals surface area contributed by atoms with Gasteiger partial charge in [0.25, 0.3) is 0 Å². The highest BCUT2D eigenvalue weighted by Gasteiger charge is 2.09. The SMILES string of the molecule is CCc1nn2cc(-c3ccc(C(C)N)cc3)nc2s1. The maximum Gasteiger partial charge on any atom is 0.212 e. The van der Waals surface area contributed by atoms with E-state index in [2.05, 4.69) is 41.3 Å². The van der Waals surface area contributed by atoms with Gasteiger partial charge in [0.1, 0.15) is 5.01 Å². The smallest absolute Gasteiger partial charge is 0.212 e. The first-order valence-electron chi connectivity index (χ1n) is 6.38. The number of aromatic nitrogens is 3. The summed E-state index contributed by atoms with van der Waals surface area (Å²) >= 11 is 1.64. The fraction of sp³-hybridized carbons (Fsp3) is 0.286. The van der Waals surface area contributed by atoms with Gasteiger partial charge < -0.3 is 5.73 Å². The van der Waals surface area contributed by atoms with Crippen molar-refractivity contribution in [2.75, 3.05) is 0 Å². The lowest BCUT2D eigenvalue weighted by Gasteiger charge is -2.05. The van der Waals surface area contributed by atoms with Gasteiger partial charge in [-0.3, -0.25) is 0 Å². The Morgan fingerprint density at radius 1 is 1.32 bits per heavy atom. The van der Waals surface area contributed by atoms with E-state index in [9.17, 15) is 0 Å². The van der Waals surface area contributed by atoms with Crippen LogP contribution < -0.4 is 5.73 Å². The topological polar surface area (TPSA) is 56.2 Å². The van der Waals surface area contributed by atoms with Crippen LogP contribution in [0.3, 0.4) is 0 Å². The quantitative estimate of drug-likeness (QED) is 0.797. The molecule has 98 valence electrons. The van der Waals surface area contributed by atoms with Gasteiger partial charge in [-0.1, -0.05) is 42.5 Å². The maximum absolute atomic E-state index is 5.85. The van der Waals surface area contributed by atoms with Crippen LogP contribution in [0.1, 0.15) is 30.5 Å². The summed E-state index contributed by atoms with van der Waals surface area (Å²) in [5.74, 6) is 0. The molecule has 1 atom stereocenters. The zero-order chi connectivity index (χ0) is 13.4. The molecule has 0 radical (unpaired) electrons. The van der Waals surface area contributed by atoms with E-state index in [0.717, 1.165) is 33.2 Å². The maximum atomic E-state index is 5.85. The number of imidazole rings is 1. The molecule has 2 heterocycles. The minimum absolute atomic E-state index is 0.0633. The van der Waals surface area contributed by atoms with Gasteiger partial charge in [0.05, 0.1) is 11.9 Å². The number of nitrogens with zero attached hydrogens (tertiary/aromatic N) is 3. The Morgan fingerprint density at radius 3 is 2.63 bits per heavy atom. The molecule has 0 spiro atoms. The third-order valence-electron chi connectivity index (χ3n) is 3.12. The number of fused-ring (bicyclic) bond motifs is 1. The van der Waals surface area contributed by atoms with Crippen LogP contribution in [-0.4, -0.2) is 14.6 Å². The van der Waals surface area contributed by atoms with Crippen LogP contribution >= 0.6 is 11.3 Å². The molecular weight excluding hydrogens is 256 g/mol. The van der Waals surface area contributed by atoms with Gasteiger partial charge in [0, 0.05) is 11.6 Å². The highest BCUT2D eigenvalue weighted by atomic mass is 32.1. The van der Waals surface area contributed by atoms with Crippen LogP contribution in [-0.2, 0) is 6.42 Å². The fourth-order valence-electron chi connectivity index (χ4n) is 1.98. The molecule has 4 nitrogen and oxygen atoms in total. The van der Waals surface area contributed by atoms with Crippen molar-refractivity contribution in [1.29, 1.82) is 0 Å². The average Bonchev–Trinajstić information content (AvgIpc) is 2.96. The lowest BCUT2D eigenvalue weighted by molar-refractivity contribution is 0.818. The summed E-state index contributed by atoms with van der Waals surface area (Å²) in [6.07, 6.45) is 2.93. The van der Waals surface area contributed by atoms with Gasteiger partial charge >= 0.3 is 0 Å². The van der Waals surface area contributed by atoms with Crippen molar-refractivity contribution in [2.45, 2.75) is 26.3 Å². The van der Waals surface area contributed by atoms with Crippen molar-refractivity contribution in [2.24, 2.45) is 5.73 Å². The first kappa shape index (κ1) is 12.3. The van der Waals surface area contributed by atoms with E-state index in [1.807, 2.05) is 17.6 Å². The molecule has 0 saturated heterocycles. The van der Waals surface area contributed by atoms with E-state index in [0.29, 0.717) is 0 Å². The molecule has 2 N–H and O–H groups in total. The van der Waals surface area contributed by atoms with Gasteiger partial charge in [-0.05, 0) is 18.9 Å². The Morgan fingerprint density at radius 2 is 2.05 bits per heavy atom. The van der Waals surface area contributed by atoms with E-state index in [1.165, 1.54) is 0 Å². The van der Waals surface area contributed by atoms with E-state index < -0.39 is 0 Å². The summed E-state index contributed by atoms with van der Waals surface area (Å²) < 4.78 is 1.86. The summed E-state index contributed by atoms with van der Waals surface area (Å²) in [7, 11) is 0. The molecule has 0 saturated carbocycles. The van der Waals surface area contributed by atoms with Crippen molar-refractivity contribution in [3.05, 3.63) is 41.0 Å². The van der Waals surface area contributed by atoms with Crippen molar-refractivity contribution in [3.8, 4) is 11.3 Å². The number of hydrogen-bond acceptors (Lipinski definition) is 4. The third-order valence-corrected chi connectivity index (χ3v) is 4.19. The van der Waals surface area contributed by atoms with E-state index >= 15 is 0 Å².